The van der Waals surface area contributed by atoms with E-state index in [2.05, 4.69) is 15.6 Å². The summed E-state index contributed by atoms with van der Waals surface area (Å²) < 4.78 is 0. The Morgan fingerprint density at radius 2 is 2.29 bits per heavy atom. The average Bonchev–Trinajstić information content (AvgIpc) is 2.88. The quantitative estimate of drug-likeness (QED) is 0.713. The minimum Gasteiger partial charge on any atom is -0.372 e. The monoisotopic (exact) mass is 291 g/mol. The van der Waals surface area contributed by atoms with Crippen molar-refractivity contribution in [2.75, 3.05) is 25.5 Å². The van der Waals surface area contributed by atoms with Crippen LogP contribution >= 0.6 is 0 Å². The van der Waals surface area contributed by atoms with E-state index in [-0.39, 0.29) is 17.9 Å². The number of rotatable bonds is 4. The van der Waals surface area contributed by atoms with Gasteiger partial charge in [-0.05, 0) is 25.5 Å². The molecule has 0 unspecified atom stereocenters. The molecule has 1 aromatic heterocycles. The summed E-state index contributed by atoms with van der Waals surface area (Å²) >= 11 is 0. The van der Waals surface area contributed by atoms with Crippen LogP contribution in [0.15, 0.2) is 18.3 Å². The van der Waals surface area contributed by atoms with Crippen LogP contribution in [0, 0.1) is 0 Å². The second-order valence-corrected chi connectivity index (χ2v) is 5.01. The molecule has 0 aliphatic carbocycles. The van der Waals surface area contributed by atoms with Crippen LogP contribution in [0.2, 0.25) is 0 Å². The molecule has 1 aliphatic heterocycles. The van der Waals surface area contributed by atoms with Gasteiger partial charge in [0.05, 0.1) is 5.56 Å². The number of carbonyl (C=O) groups excluding carboxylic acids is 2. The van der Waals surface area contributed by atoms with Crippen LogP contribution in [0.3, 0.4) is 0 Å². The number of amides is 2. The zero-order valence-electron chi connectivity index (χ0n) is 12.3. The minimum absolute atomic E-state index is 0.159. The molecule has 0 saturated carbocycles. The molecule has 2 amide bonds. The van der Waals surface area contributed by atoms with Gasteiger partial charge in [0.2, 0.25) is 5.91 Å². The maximum atomic E-state index is 12.7. The van der Waals surface area contributed by atoms with Crippen molar-refractivity contribution in [1.82, 2.24) is 15.2 Å². The maximum absolute atomic E-state index is 12.7. The van der Waals surface area contributed by atoms with Gasteiger partial charge >= 0.3 is 0 Å². The molecule has 0 spiro atoms. The van der Waals surface area contributed by atoms with E-state index in [0.717, 1.165) is 0 Å². The second kappa shape index (κ2) is 6.53. The van der Waals surface area contributed by atoms with Gasteiger partial charge in [0.25, 0.3) is 5.91 Å². The molecule has 4 N–H and O–H groups in total. The Labute approximate surface area is 123 Å². The van der Waals surface area contributed by atoms with Crippen LogP contribution in [0.5, 0.6) is 0 Å². The maximum Gasteiger partial charge on any atom is 0.258 e. The minimum atomic E-state index is -0.516. The molecule has 7 nitrogen and oxygen atoms in total. The van der Waals surface area contributed by atoms with Crippen molar-refractivity contribution in [1.29, 1.82) is 0 Å². The van der Waals surface area contributed by atoms with E-state index in [4.69, 9.17) is 5.73 Å². The molecule has 1 fully saturated rings. The smallest absolute Gasteiger partial charge is 0.258 e. The summed E-state index contributed by atoms with van der Waals surface area (Å²) in [6.45, 7) is 2.75. The number of pyridine rings is 1. The highest BCUT2D eigenvalue weighted by atomic mass is 16.2. The number of nitrogens with zero attached hydrogens (tertiary/aromatic N) is 2. The fraction of sp³-hybridized carbons (Fsp3) is 0.500. The van der Waals surface area contributed by atoms with Crippen molar-refractivity contribution in [3.8, 4) is 0 Å². The number of likely N-dealkylation sites (tertiary alicyclic amines) is 1. The van der Waals surface area contributed by atoms with Crippen LogP contribution in [0.25, 0.3) is 0 Å². The standard InChI is InChI=1S/C14H21N5O2/c1-3-17-13(20)11-7-9(15)8-19(11)14(21)10-5-4-6-18-12(10)16-2/h4-6,9,11H,3,7-8,15H2,1-2H3,(H,16,18)(H,17,20)/t9-,11+/m1/s1. The molecule has 2 heterocycles. The third-order valence-electron chi connectivity index (χ3n) is 3.52. The molecule has 2 atom stereocenters. The van der Waals surface area contributed by atoms with Crippen LogP contribution in [-0.2, 0) is 4.79 Å². The van der Waals surface area contributed by atoms with E-state index < -0.39 is 6.04 Å². The number of aromatic nitrogens is 1. The first-order valence-corrected chi connectivity index (χ1v) is 7.05. The highest BCUT2D eigenvalue weighted by Crippen LogP contribution is 2.22. The topological polar surface area (TPSA) is 100 Å². The van der Waals surface area contributed by atoms with Gasteiger partial charge in [-0.2, -0.15) is 0 Å². The molecule has 1 saturated heterocycles. The largest absolute Gasteiger partial charge is 0.372 e. The third kappa shape index (κ3) is 3.13. The summed E-state index contributed by atoms with van der Waals surface area (Å²) in [4.78, 5) is 30.5. The first-order valence-electron chi connectivity index (χ1n) is 7.05. The SMILES string of the molecule is CCNC(=O)[C@@H]1C[C@@H](N)CN1C(=O)c1cccnc1NC. The Morgan fingerprint density at radius 1 is 1.52 bits per heavy atom. The number of likely N-dealkylation sites (N-methyl/N-ethyl adjacent to an activating group) is 1. The first-order chi connectivity index (χ1) is 10.1. The average molecular weight is 291 g/mol. The normalized spacial score (nSPS) is 21.2. The molecular weight excluding hydrogens is 270 g/mol. The van der Waals surface area contributed by atoms with E-state index in [9.17, 15) is 9.59 Å². The fourth-order valence-electron chi connectivity index (χ4n) is 2.57. The lowest BCUT2D eigenvalue weighted by molar-refractivity contribution is -0.124. The highest BCUT2D eigenvalue weighted by Gasteiger charge is 2.38. The summed E-state index contributed by atoms with van der Waals surface area (Å²) in [6, 6.07) is 2.69. The molecule has 0 radical (unpaired) electrons. The summed E-state index contributed by atoms with van der Waals surface area (Å²) in [5, 5.41) is 5.64. The van der Waals surface area contributed by atoms with Crippen molar-refractivity contribution in [3.05, 3.63) is 23.9 Å². The van der Waals surface area contributed by atoms with E-state index in [1.165, 1.54) is 4.90 Å². The Hall–Kier alpha value is -2.15. The van der Waals surface area contributed by atoms with Gasteiger partial charge in [-0.15, -0.1) is 0 Å². The molecule has 2 rings (SSSR count). The molecule has 0 bridgehead atoms. The first kappa shape index (κ1) is 15.2. The number of nitrogens with one attached hydrogen (secondary N) is 2. The lowest BCUT2D eigenvalue weighted by atomic mass is 10.1. The number of hydrogen-bond donors (Lipinski definition) is 3. The zero-order chi connectivity index (χ0) is 15.4. The summed E-state index contributed by atoms with van der Waals surface area (Å²) in [6.07, 6.45) is 2.09. The van der Waals surface area contributed by atoms with Crippen LogP contribution in [-0.4, -0.2) is 53.9 Å². The number of anilines is 1. The molecule has 21 heavy (non-hydrogen) atoms. The van der Waals surface area contributed by atoms with Crippen molar-refractivity contribution in [2.45, 2.75) is 25.4 Å². The zero-order valence-corrected chi connectivity index (χ0v) is 12.3. The lowest BCUT2D eigenvalue weighted by Crippen LogP contribution is -2.46. The van der Waals surface area contributed by atoms with Gasteiger partial charge in [0, 0.05) is 32.4 Å². The Balaban J connectivity index is 2.25. The molecular formula is C14H21N5O2. The third-order valence-corrected chi connectivity index (χ3v) is 3.52. The van der Waals surface area contributed by atoms with Gasteiger partial charge < -0.3 is 21.3 Å². The van der Waals surface area contributed by atoms with E-state index in [1.54, 1.807) is 25.4 Å². The molecule has 0 aromatic carbocycles. The lowest BCUT2D eigenvalue weighted by Gasteiger charge is -2.24. The summed E-state index contributed by atoms with van der Waals surface area (Å²) in [7, 11) is 1.70. The van der Waals surface area contributed by atoms with E-state index in [1.807, 2.05) is 6.92 Å². The highest BCUT2D eigenvalue weighted by molar-refractivity contribution is 6.01. The molecule has 1 aliphatic rings. The molecule has 114 valence electrons. The van der Waals surface area contributed by atoms with Crippen molar-refractivity contribution in [2.24, 2.45) is 5.73 Å². The Bertz CT molecular complexity index is 534. The summed E-state index contributed by atoms with van der Waals surface area (Å²) in [5.74, 6) is 0.114. The van der Waals surface area contributed by atoms with Crippen molar-refractivity contribution in [3.63, 3.8) is 0 Å². The van der Waals surface area contributed by atoms with E-state index in [0.29, 0.717) is 30.9 Å². The fourth-order valence-corrected chi connectivity index (χ4v) is 2.57. The number of hydrogen-bond acceptors (Lipinski definition) is 5. The number of carbonyl (C=O) groups is 2. The Kier molecular flexibility index (Phi) is 4.74. The van der Waals surface area contributed by atoms with Crippen molar-refractivity contribution >= 4 is 17.6 Å². The number of nitrogens with two attached hydrogens (primary N) is 1. The van der Waals surface area contributed by atoms with Gasteiger partial charge in [-0.3, -0.25) is 9.59 Å². The van der Waals surface area contributed by atoms with Gasteiger partial charge in [0.15, 0.2) is 0 Å². The predicted octanol–water partition coefficient (Wildman–Crippen LogP) is -0.199. The van der Waals surface area contributed by atoms with Crippen LogP contribution < -0.4 is 16.4 Å². The van der Waals surface area contributed by atoms with Crippen molar-refractivity contribution < 1.29 is 9.59 Å². The van der Waals surface area contributed by atoms with Gasteiger partial charge in [-0.25, -0.2) is 4.98 Å². The van der Waals surface area contributed by atoms with Gasteiger partial charge in [0.1, 0.15) is 11.9 Å². The molecule has 1 aromatic rings. The van der Waals surface area contributed by atoms with Crippen LogP contribution in [0.4, 0.5) is 5.82 Å². The van der Waals surface area contributed by atoms with Crippen LogP contribution in [0.1, 0.15) is 23.7 Å². The second-order valence-electron chi connectivity index (χ2n) is 5.01. The predicted molar refractivity (Wildman–Crippen MR) is 79.9 cm³/mol. The molecule has 7 heteroatoms. The van der Waals surface area contributed by atoms with E-state index >= 15 is 0 Å². The Morgan fingerprint density at radius 3 is 2.95 bits per heavy atom. The van der Waals surface area contributed by atoms with Gasteiger partial charge in [-0.1, -0.05) is 0 Å². The summed E-state index contributed by atoms with van der Waals surface area (Å²) in [5.41, 5.74) is 6.38.